The van der Waals surface area contributed by atoms with Crippen LogP contribution >= 0.6 is 15.9 Å². The van der Waals surface area contributed by atoms with Gasteiger partial charge in [0.2, 0.25) is 22.7 Å². The Kier molecular flexibility index (Phi) is 6.31. The summed E-state index contributed by atoms with van der Waals surface area (Å²) in [5.41, 5.74) is 0.386. The van der Waals surface area contributed by atoms with E-state index < -0.39 is 0 Å². The van der Waals surface area contributed by atoms with E-state index in [4.69, 9.17) is 32.8 Å². The summed E-state index contributed by atoms with van der Waals surface area (Å²) in [5.74, 6) is 2.17. The molecule has 0 amide bonds. The van der Waals surface area contributed by atoms with Crippen LogP contribution in [0.2, 0.25) is 0 Å². The second-order valence-corrected chi connectivity index (χ2v) is 6.77. The van der Waals surface area contributed by atoms with Crippen molar-refractivity contribution in [1.82, 2.24) is 0 Å². The van der Waals surface area contributed by atoms with E-state index in [1.165, 1.54) is 35.5 Å². The van der Waals surface area contributed by atoms with E-state index in [1.54, 1.807) is 25.3 Å². The molecule has 3 rings (SSSR count). The molecule has 0 unspecified atom stereocenters. The molecule has 0 saturated heterocycles. The zero-order chi connectivity index (χ0) is 22.0. The summed E-state index contributed by atoms with van der Waals surface area (Å²) in [6, 6.07) is 5.18. The van der Waals surface area contributed by atoms with E-state index in [2.05, 4.69) is 15.9 Å². The molecule has 8 nitrogen and oxygen atoms in total. The topological polar surface area (TPSA) is 85.6 Å². The molecular formula is C21H21BrO8. The van der Waals surface area contributed by atoms with Gasteiger partial charge in [-0.15, -0.1) is 0 Å². The smallest absolute Gasteiger partial charge is 0.211 e. The van der Waals surface area contributed by atoms with E-state index in [1.807, 2.05) is 0 Å². The average molecular weight is 481 g/mol. The standard InChI is InChI=1S/C21H21BrO8/c1-24-11-8-7-10(9-12(11)25-2)16-14(22)15(23)13-17(26-3)19(27-4)21(29-6)20(28-5)18(13)30-16/h7-9H,1-6H3. The third-order valence-electron chi connectivity index (χ3n) is 4.57. The van der Waals surface area contributed by atoms with Gasteiger partial charge in [-0.2, -0.15) is 0 Å². The number of hydrogen-bond donors (Lipinski definition) is 0. The molecule has 0 saturated carbocycles. The van der Waals surface area contributed by atoms with Gasteiger partial charge < -0.3 is 32.8 Å². The van der Waals surface area contributed by atoms with E-state index in [0.29, 0.717) is 17.1 Å². The SMILES string of the molecule is COc1ccc(-c2oc3c(OC)c(OC)c(OC)c(OC)c3c(=O)c2Br)cc1OC. The van der Waals surface area contributed by atoms with Crippen molar-refractivity contribution in [2.24, 2.45) is 0 Å². The molecule has 0 radical (unpaired) electrons. The first-order valence-electron chi connectivity index (χ1n) is 8.71. The number of benzene rings is 2. The van der Waals surface area contributed by atoms with Crippen molar-refractivity contribution in [2.75, 3.05) is 42.7 Å². The second-order valence-electron chi connectivity index (χ2n) is 5.98. The maximum Gasteiger partial charge on any atom is 0.211 e. The van der Waals surface area contributed by atoms with Gasteiger partial charge in [-0.05, 0) is 34.1 Å². The van der Waals surface area contributed by atoms with Crippen LogP contribution in [0.4, 0.5) is 0 Å². The molecule has 30 heavy (non-hydrogen) atoms. The lowest BCUT2D eigenvalue weighted by Gasteiger charge is -2.18. The molecule has 0 fully saturated rings. The normalized spacial score (nSPS) is 10.6. The Balaban J connectivity index is 2.46. The van der Waals surface area contributed by atoms with Gasteiger partial charge in [0.05, 0.1) is 42.7 Å². The van der Waals surface area contributed by atoms with Crippen molar-refractivity contribution < 1.29 is 32.8 Å². The zero-order valence-corrected chi connectivity index (χ0v) is 19.0. The molecule has 160 valence electrons. The van der Waals surface area contributed by atoms with Gasteiger partial charge in [0.1, 0.15) is 9.86 Å². The Hall–Kier alpha value is -3.07. The highest BCUT2D eigenvalue weighted by Crippen LogP contribution is 2.51. The van der Waals surface area contributed by atoms with Crippen LogP contribution in [0.25, 0.3) is 22.3 Å². The van der Waals surface area contributed by atoms with Crippen LogP contribution in [0.1, 0.15) is 0 Å². The number of methoxy groups -OCH3 is 6. The molecule has 2 aromatic carbocycles. The van der Waals surface area contributed by atoms with Gasteiger partial charge in [0.15, 0.2) is 28.6 Å². The van der Waals surface area contributed by atoms with Gasteiger partial charge >= 0.3 is 0 Å². The Labute approximate surface area is 181 Å². The molecular weight excluding hydrogens is 460 g/mol. The van der Waals surface area contributed by atoms with E-state index in [9.17, 15) is 4.79 Å². The summed E-state index contributed by atoms with van der Waals surface area (Å²) in [6.07, 6.45) is 0. The lowest BCUT2D eigenvalue weighted by molar-refractivity contribution is 0.307. The van der Waals surface area contributed by atoms with E-state index >= 15 is 0 Å². The van der Waals surface area contributed by atoms with Crippen molar-refractivity contribution in [1.29, 1.82) is 0 Å². The molecule has 3 aromatic rings. The average Bonchev–Trinajstić information content (AvgIpc) is 2.78. The molecule has 1 heterocycles. The fraction of sp³-hybridized carbons (Fsp3) is 0.286. The number of rotatable bonds is 7. The first kappa shape index (κ1) is 21.6. The summed E-state index contributed by atoms with van der Waals surface area (Å²) in [5, 5.41) is 0.156. The molecule has 0 atom stereocenters. The highest BCUT2D eigenvalue weighted by Gasteiger charge is 2.29. The maximum atomic E-state index is 13.3. The van der Waals surface area contributed by atoms with E-state index in [-0.39, 0.29) is 49.6 Å². The van der Waals surface area contributed by atoms with E-state index in [0.717, 1.165) is 0 Å². The van der Waals surface area contributed by atoms with Crippen LogP contribution in [0.3, 0.4) is 0 Å². The monoisotopic (exact) mass is 480 g/mol. The highest BCUT2D eigenvalue weighted by atomic mass is 79.9. The Bertz CT molecular complexity index is 1150. The Morgan fingerprint density at radius 2 is 1.30 bits per heavy atom. The predicted molar refractivity (Wildman–Crippen MR) is 115 cm³/mol. The van der Waals surface area contributed by atoms with Gasteiger partial charge in [0.25, 0.3) is 0 Å². The van der Waals surface area contributed by atoms with Crippen molar-refractivity contribution in [2.45, 2.75) is 0 Å². The molecule has 9 heteroatoms. The molecule has 0 N–H and O–H groups in total. The lowest BCUT2D eigenvalue weighted by atomic mass is 10.1. The van der Waals surface area contributed by atoms with Crippen LogP contribution in [0.15, 0.2) is 31.9 Å². The van der Waals surface area contributed by atoms with Crippen LogP contribution in [0, 0.1) is 0 Å². The van der Waals surface area contributed by atoms with Crippen LogP contribution < -0.4 is 33.8 Å². The van der Waals surface area contributed by atoms with Crippen LogP contribution in [0.5, 0.6) is 34.5 Å². The summed E-state index contributed by atoms with van der Waals surface area (Å²) in [7, 11) is 8.84. The third-order valence-corrected chi connectivity index (χ3v) is 5.29. The molecule has 0 spiro atoms. The summed E-state index contributed by atoms with van der Waals surface area (Å²) < 4.78 is 38.8. The minimum atomic E-state index is -0.364. The number of hydrogen-bond acceptors (Lipinski definition) is 8. The van der Waals surface area contributed by atoms with Crippen molar-refractivity contribution in [3.8, 4) is 45.8 Å². The van der Waals surface area contributed by atoms with Gasteiger partial charge in [-0.25, -0.2) is 0 Å². The van der Waals surface area contributed by atoms with Crippen molar-refractivity contribution >= 4 is 26.9 Å². The summed E-state index contributed by atoms with van der Waals surface area (Å²) in [4.78, 5) is 13.3. The van der Waals surface area contributed by atoms with Crippen LogP contribution in [-0.4, -0.2) is 42.7 Å². The molecule has 0 aliphatic rings. The summed E-state index contributed by atoms with van der Waals surface area (Å²) in [6.45, 7) is 0. The highest BCUT2D eigenvalue weighted by molar-refractivity contribution is 9.10. The maximum absolute atomic E-state index is 13.3. The molecule has 0 aliphatic carbocycles. The predicted octanol–water partition coefficient (Wildman–Crippen LogP) is 4.27. The number of halogens is 1. The first-order chi connectivity index (χ1) is 14.5. The number of ether oxygens (including phenoxy) is 6. The fourth-order valence-corrected chi connectivity index (χ4v) is 3.73. The second kappa shape index (κ2) is 8.74. The minimum Gasteiger partial charge on any atom is -0.493 e. The minimum absolute atomic E-state index is 0.156. The quantitative estimate of drug-likeness (QED) is 0.495. The van der Waals surface area contributed by atoms with Gasteiger partial charge in [-0.1, -0.05) is 0 Å². The fourth-order valence-electron chi connectivity index (χ4n) is 3.22. The zero-order valence-electron chi connectivity index (χ0n) is 17.4. The Morgan fingerprint density at radius 1 is 0.733 bits per heavy atom. The molecule has 0 aliphatic heterocycles. The number of fused-ring (bicyclic) bond motifs is 1. The summed E-state index contributed by atoms with van der Waals surface area (Å²) >= 11 is 3.37. The third kappa shape index (κ3) is 3.28. The molecule has 1 aromatic heterocycles. The van der Waals surface area contributed by atoms with Gasteiger partial charge in [-0.3, -0.25) is 4.79 Å². The van der Waals surface area contributed by atoms with Crippen LogP contribution in [-0.2, 0) is 0 Å². The van der Waals surface area contributed by atoms with Gasteiger partial charge in [0, 0.05) is 5.56 Å². The Morgan fingerprint density at radius 3 is 1.83 bits per heavy atom. The van der Waals surface area contributed by atoms with Crippen molar-refractivity contribution in [3.63, 3.8) is 0 Å². The lowest BCUT2D eigenvalue weighted by Crippen LogP contribution is -2.09. The largest absolute Gasteiger partial charge is 0.493 e. The first-order valence-corrected chi connectivity index (χ1v) is 9.51. The molecule has 0 bridgehead atoms. The van der Waals surface area contributed by atoms with Crippen molar-refractivity contribution in [3.05, 3.63) is 32.9 Å².